The number of hydrogen-bond acceptors (Lipinski definition) is 3. The molecule has 0 radical (unpaired) electrons. The van der Waals surface area contributed by atoms with Gasteiger partial charge in [0.05, 0.1) is 25.6 Å². The maximum atomic E-state index is 13.6. The van der Waals surface area contributed by atoms with E-state index < -0.39 is 17.7 Å². The number of urea groups is 2. The fourth-order valence-electron chi connectivity index (χ4n) is 4.00. The van der Waals surface area contributed by atoms with Gasteiger partial charge in [-0.3, -0.25) is 10.1 Å². The SMILES string of the molecule is CCCCCN1C(=O)N(c2ccc(Cl)c(Cl)c2)[C@H](N(O)C(=O)Nc2ccc(Cl)c(Cl)c2)C1(C)C. The maximum absolute atomic E-state index is 13.6. The van der Waals surface area contributed by atoms with Crippen LogP contribution in [0, 0.1) is 0 Å². The van der Waals surface area contributed by atoms with Gasteiger partial charge < -0.3 is 10.2 Å². The topological polar surface area (TPSA) is 76.1 Å². The van der Waals surface area contributed by atoms with Crippen molar-refractivity contribution in [3.63, 3.8) is 0 Å². The largest absolute Gasteiger partial charge is 0.347 e. The van der Waals surface area contributed by atoms with E-state index in [1.54, 1.807) is 36.9 Å². The van der Waals surface area contributed by atoms with E-state index in [0.29, 0.717) is 33.0 Å². The van der Waals surface area contributed by atoms with Crippen molar-refractivity contribution in [3.8, 4) is 0 Å². The van der Waals surface area contributed by atoms with Crippen LogP contribution in [-0.2, 0) is 0 Å². The lowest BCUT2D eigenvalue weighted by Crippen LogP contribution is -2.58. The van der Waals surface area contributed by atoms with Gasteiger partial charge in [-0.2, -0.15) is 5.06 Å². The lowest BCUT2D eigenvalue weighted by Gasteiger charge is -2.38. The molecule has 1 atom stereocenters. The van der Waals surface area contributed by atoms with Crippen LogP contribution in [0.2, 0.25) is 20.1 Å². The first-order chi connectivity index (χ1) is 16.0. The second kappa shape index (κ2) is 10.8. The molecule has 0 aliphatic carbocycles. The molecule has 0 unspecified atom stereocenters. The average Bonchev–Trinajstić information content (AvgIpc) is 2.97. The summed E-state index contributed by atoms with van der Waals surface area (Å²) < 4.78 is 0. The Balaban J connectivity index is 1.97. The number of carbonyl (C=O) groups excluding carboxylic acids is 2. The fraction of sp³-hybridized carbons (Fsp3) is 0.391. The quantitative estimate of drug-likeness (QED) is 0.211. The van der Waals surface area contributed by atoms with E-state index in [9.17, 15) is 14.8 Å². The van der Waals surface area contributed by atoms with E-state index in [1.807, 2.05) is 0 Å². The van der Waals surface area contributed by atoms with Gasteiger partial charge in [-0.05, 0) is 56.7 Å². The van der Waals surface area contributed by atoms with Gasteiger partial charge in [0, 0.05) is 17.9 Å². The third-order valence-corrected chi connectivity index (χ3v) is 7.26. The van der Waals surface area contributed by atoms with Crippen molar-refractivity contribution in [2.75, 3.05) is 16.8 Å². The number of anilines is 2. The van der Waals surface area contributed by atoms with Gasteiger partial charge >= 0.3 is 12.1 Å². The third-order valence-electron chi connectivity index (χ3n) is 5.79. The minimum absolute atomic E-state index is 0.248. The molecule has 4 amide bonds. The summed E-state index contributed by atoms with van der Waals surface area (Å²) in [6, 6.07) is 8.07. The van der Waals surface area contributed by atoms with E-state index in [2.05, 4.69) is 12.2 Å². The highest BCUT2D eigenvalue weighted by molar-refractivity contribution is 6.42. The minimum Gasteiger partial charge on any atom is -0.315 e. The van der Waals surface area contributed by atoms with Crippen LogP contribution in [0.25, 0.3) is 0 Å². The predicted octanol–water partition coefficient (Wildman–Crippen LogP) is 7.76. The average molecular weight is 548 g/mol. The van der Waals surface area contributed by atoms with E-state index in [1.165, 1.54) is 23.1 Å². The Bertz CT molecular complexity index is 1080. The predicted molar refractivity (Wildman–Crippen MR) is 138 cm³/mol. The smallest absolute Gasteiger partial charge is 0.315 e. The molecule has 0 saturated carbocycles. The van der Waals surface area contributed by atoms with Crippen molar-refractivity contribution in [2.45, 2.75) is 51.7 Å². The molecular formula is C23H26Cl4N4O3. The second-order valence-corrected chi connectivity index (χ2v) is 10.2. The summed E-state index contributed by atoms with van der Waals surface area (Å²) >= 11 is 24.3. The van der Waals surface area contributed by atoms with E-state index >= 15 is 0 Å². The first-order valence-corrected chi connectivity index (χ1v) is 12.3. The summed E-state index contributed by atoms with van der Waals surface area (Å²) in [5, 5.41) is 15.3. The molecule has 1 saturated heterocycles. The number of amides is 4. The Morgan fingerprint density at radius 2 is 1.65 bits per heavy atom. The van der Waals surface area contributed by atoms with E-state index in [0.717, 1.165) is 19.3 Å². The molecule has 2 aromatic carbocycles. The molecule has 34 heavy (non-hydrogen) atoms. The number of carbonyl (C=O) groups is 2. The minimum atomic E-state index is -1.07. The van der Waals surface area contributed by atoms with Gasteiger partial charge in [0.25, 0.3) is 0 Å². The lowest BCUT2D eigenvalue weighted by atomic mass is 9.99. The first-order valence-electron chi connectivity index (χ1n) is 10.8. The Kier molecular flexibility index (Phi) is 8.47. The highest BCUT2D eigenvalue weighted by Gasteiger charge is 2.55. The van der Waals surface area contributed by atoms with Gasteiger partial charge in [-0.25, -0.2) is 9.59 Å². The molecular weight excluding hydrogens is 522 g/mol. The molecule has 3 rings (SSSR count). The Hall–Kier alpha value is -1.90. The van der Waals surface area contributed by atoms with Crippen LogP contribution >= 0.6 is 46.4 Å². The molecule has 11 heteroatoms. The van der Waals surface area contributed by atoms with E-state index in [4.69, 9.17) is 46.4 Å². The zero-order valence-corrected chi connectivity index (χ0v) is 22.0. The molecule has 7 nitrogen and oxygen atoms in total. The van der Waals surface area contributed by atoms with Crippen LogP contribution in [-0.4, -0.2) is 45.5 Å². The Labute approximate surface area is 219 Å². The monoisotopic (exact) mass is 546 g/mol. The molecule has 2 N–H and O–H groups in total. The molecule has 2 aromatic rings. The fourth-order valence-corrected chi connectivity index (χ4v) is 4.59. The van der Waals surface area contributed by atoms with Crippen molar-refractivity contribution in [1.29, 1.82) is 0 Å². The zero-order chi connectivity index (χ0) is 25.2. The molecule has 184 valence electrons. The normalized spacial score (nSPS) is 17.3. The summed E-state index contributed by atoms with van der Waals surface area (Å²) in [6.07, 6.45) is 1.65. The number of hydroxylamine groups is 2. The van der Waals surface area contributed by atoms with Crippen LogP contribution in [0.3, 0.4) is 0 Å². The molecule has 1 heterocycles. The van der Waals surface area contributed by atoms with E-state index in [-0.39, 0.29) is 16.1 Å². The molecule has 1 aliphatic rings. The number of halogens is 4. The number of nitrogens with one attached hydrogen (secondary N) is 1. The standard InChI is InChI=1S/C23H26Cl4N4O3/c1-4-5-6-11-29-22(33)30(15-8-10-17(25)19(27)13-15)20(23(29,2)3)31(34)21(32)28-14-7-9-16(24)18(26)12-14/h7-10,12-13,20,34H,4-6,11H2,1-3H3,(H,28,32)/t20-/m1/s1. The van der Waals surface area contributed by atoms with Gasteiger partial charge in [0.2, 0.25) is 0 Å². The van der Waals surface area contributed by atoms with Crippen LogP contribution in [0.15, 0.2) is 36.4 Å². The summed E-state index contributed by atoms with van der Waals surface area (Å²) in [4.78, 5) is 29.6. The molecule has 0 aromatic heterocycles. The van der Waals surface area contributed by atoms with Gasteiger partial charge in [-0.15, -0.1) is 0 Å². The van der Waals surface area contributed by atoms with Gasteiger partial charge in [0.15, 0.2) is 6.17 Å². The second-order valence-electron chi connectivity index (χ2n) is 8.54. The maximum Gasteiger partial charge on any atom is 0.347 e. The van der Waals surface area contributed by atoms with Gasteiger partial charge in [-0.1, -0.05) is 66.2 Å². The third kappa shape index (κ3) is 5.34. The zero-order valence-electron chi connectivity index (χ0n) is 19.0. The van der Waals surface area contributed by atoms with Crippen LogP contribution in [0.1, 0.15) is 40.0 Å². The summed E-state index contributed by atoms with van der Waals surface area (Å²) in [5.41, 5.74) is -0.209. The Morgan fingerprint density at radius 3 is 2.24 bits per heavy atom. The summed E-state index contributed by atoms with van der Waals surface area (Å²) in [6.45, 7) is 6.14. The van der Waals surface area contributed by atoms with Crippen LogP contribution in [0.4, 0.5) is 21.0 Å². The highest BCUT2D eigenvalue weighted by atomic mass is 35.5. The van der Waals surface area contributed by atoms with Gasteiger partial charge in [0.1, 0.15) is 0 Å². The summed E-state index contributed by atoms with van der Waals surface area (Å²) in [7, 11) is 0. The number of benzene rings is 2. The number of rotatable bonds is 7. The number of hydrogen-bond donors (Lipinski definition) is 2. The van der Waals surface area contributed by atoms with Crippen molar-refractivity contribution < 1.29 is 14.8 Å². The molecule has 1 aliphatic heterocycles. The van der Waals surface area contributed by atoms with Crippen LogP contribution < -0.4 is 10.2 Å². The van der Waals surface area contributed by atoms with Crippen molar-refractivity contribution in [1.82, 2.24) is 9.96 Å². The number of nitrogens with zero attached hydrogens (tertiary/aromatic N) is 3. The molecule has 1 fully saturated rings. The number of unbranched alkanes of at least 4 members (excludes halogenated alkanes) is 2. The van der Waals surface area contributed by atoms with Crippen molar-refractivity contribution in [3.05, 3.63) is 56.5 Å². The van der Waals surface area contributed by atoms with Crippen LogP contribution in [0.5, 0.6) is 0 Å². The molecule has 0 bridgehead atoms. The molecule has 0 spiro atoms. The first kappa shape index (κ1) is 26.7. The Morgan fingerprint density at radius 1 is 1.03 bits per heavy atom. The highest BCUT2D eigenvalue weighted by Crippen LogP contribution is 2.40. The van der Waals surface area contributed by atoms with Crippen molar-refractivity contribution >= 4 is 69.8 Å². The lowest BCUT2D eigenvalue weighted by molar-refractivity contribution is -0.0949. The van der Waals surface area contributed by atoms with Crippen molar-refractivity contribution in [2.24, 2.45) is 0 Å². The summed E-state index contributed by atoms with van der Waals surface area (Å²) in [5.74, 6) is 0.